The molecule has 0 aromatic heterocycles. The number of fused-ring (bicyclic) bond motifs is 1. The summed E-state index contributed by atoms with van der Waals surface area (Å²) in [5.41, 5.74) is 3.73. The van der Waals surface area contributed by atoms with E-state index in [1.165, 1.54) is 11.1 Å². The number of allylic oxidation sites excluding steroid dienone is 2. The third kappa shape index (κ3) is 3.70. The maximum absolute atomic E-state index is 4.32. The molecule has 2 rings (SSSR count). The zero-order valence-electron chi connectivity index (χ0n) is 9.12. The van der Waals surface area contributed by atoms with Crippen molar-refractivity contribution >= 4 is 11.9 Å². The average molecular weight is 203 g/mol. The Kier molecular flexibility index (Phi) is 6.35. The number of hydrogen-bond acceptors (Lipinski definition) is 1. The van der Waals surface area contributed by atoms with Crippen LogP contribution >= 0.6 is 0 Å². The fraction of sp³-hybridized carbons (Fsp3) is 0.357. The van der Waals surface area contributed by atoms with Gasteiger partial charge in [0.1, 0.15) is 0 Å². The Labute approximate surface area is 93.6 Å². The summed E-state index contributed by atoms with van der Waals surface area (Å²) in [6.07, 6.45) is 6.97. The van der Waals surface area contributed by atoms with Gasteiger partial charge in [0.25, 0.3) is 0 Å². The van der Waals surface area contributed by atoms with Crippen molar-refractivity contribution < 1.29 is 0 Å². The molecule has 1 heteroatoms. The minimum absolute atomic E-state index is 0. The predicted octanol–water partition coefficient (Wildman–Crippen LogP) is 4.47. The van der Waals surface area contributed by atoms with E-state index in [0.29, 0.717) is 0 Å². The second-order valence-corrected chi connectivity index (χ2v) is 3.04. The first-order valence-corrected chi connectivity index (χ1v) is 5.15. The number of benzene rings is 1. The maximum Gasteiger partial charge on any atom is 0.0664 e. The summed E-state index contributed by atoms with van der Waals surface area (Å²) in [5.74, 6) is 0. The fourth-order valence-electron chi connectivity index (χ4n) is 1.38. The van der Waals surface area contributed by atoms with Gasteiger partial charge in [0.15, 0.2) is 0 Å². The standard InChI is InChI=1S/C11H11N.C2H6.CH4/c1-9-5-6-11-10(8-9)4-2-3-7-12-11;1-2;/h2-3,5-8H,4H2,1H3;1-2H3;1H4. The SMILES string of the molecule is C.CC.Cc1ccc2c(c1)CC=CC=N2. The summed E-state index contributed by atoms with van der Waals surface area (Å²) < 4.78 is 0. The van der Waals surface area contributed by atoms with Crippen LogP contribution in [-0.2, 0) is 6.42 Å². The Hall–Kier alpha value is -1.37. The zero-order valence-corrected chi connectivity index (χ0v) is 9.12. The molecule has 0 amide bonds. The van der Waals surface area contributed by atoms with Crippen LogP contribution < -0.4 is 0 Å². The van der Waals surface area contributed by atoms with Gasteiger partial charge >= 0.3 is 0 Å². The number of nitrogens with zero attached hydrogens (tertiary/aromatic N) is 1. The van der Waals surface area contributed by atoms with E-state index in [0.717, 1.165) is 12.1 Å². The van der Waals surface area contributed by atoms with Crippen LogP contribution in [0, 0.1) is 6.92 Å². The van der Waals surface area contributed by atoms with Gasteiger partial charge in [0.05, 0.1) is 5.69 Å². The van der Waals surface area contributed by atoms with Crippen LogP contribution in [0.2, 0.25) is 0 Å². The quantitative estimate of drug-likeness (QED) is 0.590. The largest absolute Gasteiger partial charge is 0.257 e. The first kappa shape index (κ1) is 13.6. The molecule has 0 radical (unpaired) electrons. The van der Waals surface area contributed by atoms with Crippen molar-refractivity contribution in [2.75, 3.05) is 0 Å². The van der Waals surface area contributed by atoms with Crippen molar-refractivity contribution in [3.63, 3.8) is 0 Å². The number of aryl methyl sites for hydroxylation is 1. The first-order chi connectivity index (χ1) is 6.86. The predicted molar refractivity (Wildman–Crippen MR) is 70.3 cm³/mol. The summed E-state index contributed by atoms with van der Waals surface area (Å²) in [6.45, 7) is 6.11. The van der Waals surface area contributed by atoms with Crippen molar-refractivity contribution in [2.45, 2.75) is 34.6 Å². The van der Waals surface area contributed by atoms with Crippen molar-refractivity contribution in [2.24, 2.45) is 4.99 Å². The minimum Gasteiger partial charge on any atom is -0.257 e. The summed E-state index contributed by atoms with van der Waals surface area (Å²) in [4.78, 5) is 4.32. The molecule has 0 saturated carbocycles. The van der Waals surface area contributed by atoms with Crippen molar-refractivity contribution in [3.05, 3.63) is 41.5 Å². The maximum atomic E-state index is 4.32. The van der Waals surface area contributed by atoms with Crippen LogP contribution in [0.1, 0.15) is 32.4 Å². The van der Waals surface area contributed by atoms with E-state index in [2.05, 4.69) is 36.2 Å². The third-order valence-electron chi connectivity index (χ3n) is 2.01. The van der Waals surface area contributed by atoms with Gasteiger partial charge < -0.3 is 0 Å². The van der Waals surface area contributed by atoms with Gasteiger partial charge in [-0.25, -0.2) is 0 Å². The Morgan fingerprint density at radius 3 is 2.67 bits per heavy atom. The smallest absolute Gasteiger partial charge is 0.0664 e. The van der Waals surface area contributed by atoms with E-state index < -0.39 is 0 Å². The highest BCUT2D eigenvalue weighted by Crippen LogP contribution is 2.22. The Balaban J connectivity index is 0.000000617. The lowest BCUT2D eigenvalue weighted by molar-refractivity contribution is 1.24. The Morgan fingerprint density at radius 1 is 1.20 bits per heavy atom. The Morgan fingerprint density at radius 2 is 1.93 bits per heavy atom. The highest BCUT2D eigenvalue weighted by atomic mass is 14.7. The normalized spacial score (nSPS) is 11.7. The molecule has 0 aliphatic carbocycles. The molecule has 1 aliphatic rings. The topological polar surface area (TPSA) is 12.4 Å². The molecule has 0 fully saturated rings. The summed E-state index contributed by atoms with van der Waals surface area (Å²) >= 11 is 0. The molecule has 0 saturated heterocycles. The molecule has 1 heterocycles. The van der Waals surface area contributed by atoms with E-state index in [9.17, 15) is 0 Å². The molecule has 1 aromatic carbocycles. The van der Waals surface area contributed by atoms with E-state index in [1.807, 2.05) is 26.1 Å². The van der Waals surface area contributed by atoms with Gasteiger partial charge in [-0.15, -0.1) is 0 Å². The average Bonchev–Trinajstić information content (AvgIpc) is 2.45. The van der Waals surface area contributed by atoms with E-state index >= 15 is 0 Å². The van der Waals surface area contributed by atoms with Crippen molar-refractivity contribution in [3.8, 4) is 0 Å². The number of hydrogen-bond donors (Lipinski definition) is 0. The monoisotopic (exact) mass is 203 g/mol. The van der Waals surface area contributed by atoms with Crippen LogP contribution in [0.15, 0.2) is 35.3 Å². The molecule has 0 bridgehead atoms. The van der Waals surface area contributed by atoms with E-state index in [4.69, 9.17) is 0 Å². The van der Waals surface area contributed by atoms with Crippen LogP contribution in [0.5, 0.6) is 0 Å². The minimum atomic E-state index is 0. The van der Waals surface area contributed by atoms with Gasteiger partial charge in [-0.3, -0.25) is 4.99 Å². The second-order valence-electron chi connectivity index (χ2n) is 3.04. The fourth-order valence-corrected chi connectivity index (χ4v) is 1.38. The molecular weight excluding hydrogens is 182 g/mol. The first-order valence-electron chi connectivity index (χ1n) is 5.15. The molecule has 15 heavy (non-hydrogen) atoms. The van der Waals surface area contributed by atoms with Gasteiger partial charge in [0, 0.05) is 6.21 Å². The zero-order chi connectivity index (χ0) is 10.4. The third-order valence-corrected chi connectivity index (χ3v) is 2.01. The number of rotatable bonds is 0. The van der Waals surface area contributed by atoms with Crippen LogP contribution in [0.4, 0.5) is 5.69 Å². The molecule has 1 aromatic rings. The van der Waals surface area contributed by atoms with Crippen LogP contribution in [0.3, 0.4) is 0 Å². The molecular formula is C14H21N. The molecule has 0 spiro atoms. The molecule has 82 valence electrons. The van der Waals surface area contributed by atoms with Crippen molar-refractivity contribution in [1.29, 1.82) is 0 Å². The lowest BCUT2D eigenvalue weighted by Crippen LogP contribution is -1.82. The lowest BCUT2D eigenvalue weighted by atomic mass is 10.1. The van der Waals surface area contributed by atoms with Gasteiger partial charge in [-0.05, 0) is 31.1 Å². The summed E-state index contributed by atoms with van der Waals surface area (Å²) in [7, 11) is 0. The summed E-state index contributed by atoms with van der Waals surface area (Å²) in [5, 5.41) is 0. The van der Waals surface area contributed by atoms with E-state index in [1.54, 1.807) is 0 Å². The second kappa shape index (κ2) is 6.99. The number of aliphatic imine (C=N–C) groups is 1. The van der Waals surface area contributed by atoms with Crippen LogP contribution in [0.25, 0.3) is 0 Å². The Bertz CT molecular complexity index is 348. The van der Waals surface area contributed by atoms with Gasteiger partial charge in [-0.2, -0.15) is 0 Å². The summed E-state index contributed by atoms with van der Waals surface area (Å²) in [6, 6.07) is 6.37. The van der Waals surface area contributed by atoms with Crippen LogP contribution in [-0.4, -0.2) is 6.21 Å². The highest BCUT2D eigenvalue weighted by Gasteiger charge is 2.00. The molecule has 0 atom stereocenters. The van der Waals surface area contributed by atoms with E-state index in [-0.39, 0.29) is 7.43 Å². The van der Waals surface area contributed by atoms with Gasteiger partial charge in [-0.1, -0.05) is 45.0 Å². The molecule has 1 aliphatic heterocycles. The van der Waals surface area contributed by atoms with Crippen molar-refractivity contribution in [1.82, 2.24) is 0 Å². The molecule has 0 unspecified atom stereocenters. The lowest BCUT2D eigenvalue weighted by Gasteiger charge is -2.02. The van der Waals surface area contributed by atoms with Gasteiger partial charge in [0.2, 0.25) is 0 Å². The molecule has 1 nitrogen and oxygen atoms in total. The highest BCUT2D eigenvalue weighted by molar-refractivity contribution is 5.76. The molecule has 0 N–H and O–H groups in total.